The molecule has 94 valence electrons. The third kappa shape index (κ3) is 5.32. The summed E-state index contributed by atoms with van der Waals surface area (Å²) in [6.45, 7) is 5.49. The molecule has 0 radical (unpaired) electrons. The third-order valence-corrected chi connectivity index (χ3v) is 2.76. The lowest BCUT2D eigenvalue weighted by atomic mass is 10.1. The number of urea groups is 1. The molecule has 0 aromatic rings. The van der Waals surface area contributed by atoms with Gasteiger partial charge in [0.25, 0.3) is 0 Å². The molecule has 3 N–H and O–H groups in total. The molecular weight excluding hydrogens is 206 g/mol. The standard InChI is InChI=1S/C11H23N3O2/c1-10(13-11(16)12-5-8-15)9-14-6-3-2-4-7-14/h10,15H,2-9H2,1H3,(H2,12,13,16). The Morgan fingerprint density at radius 2 is 2.06 bits per heavy atom. The van der Waals surface area contributed by atoms with Gasteiger partial charge >= 0.3 is 6.03 Å². The Kier molecular flexibility index (Phi) is 6.18. The van der Waals surface area contributed by atoms with Crippen LogP contribution in [0.25, 0.3) is 0 Å². The second-order valence-electron chi connectivity index (χ2n) is 4.39. The summed E-state index contributed by atoms with van der Waals surface area (Å²) >= 11 is 0. The van der Waals surface area contributed by atoms with Gasteiger partial charge in [-0.15, -0.1) is 0 Å². The van der Waals surface area contributed by atoms with Crippen LogP contribution in [0.15, 0.2) is 0 Å². The minimum absolute atomic E-state index is 0.0199. The molecule has 1 saturated heterocycles. The zero-order valence-electron chi connectivity index (χ0n) is 10.0. The fourth-order valence-corrected chi connectivity index (χ4v) is 2.02. The Bertz CT molecular complexity index is 205. The number of aliphatic hydroxyl groups excluding tert-OH is 1. The molecule has 1 aliphatic rings. The van der Waals surface area contributed by atoms with E-state index < -0.39 is 0 Å². The number of aliphatic hydroxyl groups is 1. The summed E-state index contributed by atoms with van der Waals surface area (Å²) < 4.78 is 0. The van der Waals surface area contributed by atoms with Gasteiger partial charge in [0.05, 0.1) is 6.61 Å². The summed E-state index contributed by atoms with van der Waals surface area (Å²) in [5.74, 6) is 0. The third-order valence-electron chi connectivity index (χ3n) is 2.76. The van der Waals surface area contributed by atoms with Crippen molar-refractivity contribution in [2.45, 2.75) is 32.2 Å². The quantitative estimate of drug-likeness (QED) is 0.629. The lowest BCUT2D eigenvalue weighted by Crippen LogP contribution is -2.47. The Morgan fingerprint density at radius 1 is 1.38 bits per heavy atom. The molecule has 0 saturated carbocycles. The van der Waals surface area contributed by atoms with Crippen molar-refractivity contribution in [2.24, 2.45) is 0 Å². The summed E-state index contributed by atoms with van der Waals surface area (Å²) in [6, 6.07) is -0.0460. The largest absolute Gasteiger partial charge is 0.395 e. The number of carbonyl (C=O) groups is 1. The van der Waals surface area contributed by atoms with Gasteiger partial charge in [0.2, 0.25) is 0 Å². The SMILES string of the molecule is CC(CN1CCCCC1)NC(=O)NCCO. The van der Waals surface area contributed by atoms with E-state index in [0.29, 0.717) is 6.54 Å². The molecule has 1 aliphatic heterocycles. The van der Waals surface area contributed by atoms with Crippen LogP contribution in [0.3, 0.4) is 0 Å². The van der Waals surface area contributed by atoms with E-state index >= 15 is 0 Å². The van der Waals surface area contributed by atoms with Gasteiger partial charge in [0.1, 0.15) is 0 Å². The predicted octanol–water partition coefficient (Wildman–Crippen LogP) is 0.152. The van der Waals surface area contributed by atoms with Gasteiger partial charge < -0.3 is 20.6 Å². The molecule has 1 heterocycles. The van der Waals surface area contributed by atoms with Crippen molar-refractivity contribution in [2.75, 3.05) is 32.8 Å². The van der Waals surface area contributed by atoms with Crippen LogP contribution < -0.4 is 10.6 Å². The second-order valence-corrected chi connectivity index (χ2v) is 4.39. The molecule has 5 heteroatoms. The van der Waals surface area contributed by atoms with Crippen molar-refractivity contribution in [3.05, 3.63) is 0 Å². The number of carbonyl (C=O) groups excluding carboxylic acids is 1. The molecule has 1 unspecified atom stereocenters. The van der Waals surface area contributed by atoms with Gasteiger partial charge in [-0.1, -0.05) is 6.42 Å². The fourth-order valence-electron chi connectivity index (χ4n) is 2.02. The van der Waals surface area contributed by atoms with Gasteiger partial charge in [-0.3, -0.25) is 0 Å². The van der Waals surface area contributed by atoms with Crippen LogP contribution in [-0.2, 0) is 0 Å². The van der Waals surface area contributed by atoms with E-state index in [-0.39, 0.29) is 18.7 Å². The Balaban J connectivity index is 2.13. The van der Waals surface area contributed by atoms with Gasteiger partial charge in [-0.05, 0) is 32.9 Å². The van der Waals surface area contributed by atoms with Crippen LogP contribution in [0.5, 0.6) is 0 Å². The van der Waals surface area contributed by atoms with Crippen molar-refractivity contribution in [3.8, 4) is 0 Å². The maximum absolute atomic E-state index is 11.3. The van der Waals surface area contributed by atoms with Crippen LogP contribution in [0.1, 0.15) is 26.2 Å². The molecule has 1 rings (SSSR count). The van der Waals surface area contributed by atoms with E-state index in [4.69, 9.17) is 5.11 Å². The number of rotatable bonds is 5. The summed E-state index contributed by atoms with van der Waals surface area (Å²) in [4.78, 5) is 13.7. The average molecular weight is 229 g/mol. The number of amides is 2. The highest BCUT2D eigenvalue weighted by Gasteiger charge is 2.14. The monoisotopic (exact) mass is 229 g/mol. The molecule has 1 atom stereocenters. The molecular formula is C11H23N3O2. The summed E-state index contributed by atoms with van der Waals surface area (Å²) in [6.07, 6.45) is 3.86. The van der Waals surface area contributed by atoms with Crippen LogP contribution in [-0.4, -0.2) is 54.9 Å². The molecule has 0 aromatic heterocycles. The summed E-state index contributed by atoms with van der Waals surface area (Å²) in [5, 5.41) is 14.0. The Labute approximate surface area is 97.2 Å². The van der Waals surface area contributed by atoms with Crippen molar-refractivity contribution < 1.29 is 9.90 Å². The first-order chi connectivity index (χ1) is 7.72. The van der Waals surface area contributed by atoms with Crippen LogP contribution in [0.2, 0.25) is 0 Å². The van der Waals surface area contributed by atoms with E-state index in [0.717, 1.165) is 19.6 Å². The summed E-state index contributed by atoms with van der Waals surface area (Å²) in [5.41, 5.74) is 0. The smallest absolute Gasteiger partial charge is 0.315 e. The zero-order valence-corrected chi connectivity index (χ0v) is 10.0. The van der Waals surface area contributed by atoms with E-state index in [1.54, 1.807) is 0 Å². The Hall–Kier alpha value is -0.810. The van der Waals surface area contributed by atoms with E-state index in [1.807, 2.05) is 6.92 Å². The molecule has 0 aliphatic carbocycles. The van der Waals surface area contributed by atoms with E-state index in [1.165, 1.54) is 19.3 Å². The Morgan fingerprint density at radius 3 is 2.69 bits per heavy atom. The van der Waals surface area contributed by atoms with Gasteiger partial charge in [0, 0.05) is 19.1 Å². The van der Waals surface area contributed by atoms with E-state index in [2.05, 4.69) is 15.5 Å². The van der Waals surface area contributed by atoms with Crippen molar-refractivity contribution in [1.82, 2.24) is 15.5 Å². The van der Waals surface area contributed by atoms with Gasteiger partial charge in [-0.25, -0.2) is 4.79 Å². The maximum atomic E-state index is 11.3. The number of hydrogen-bond acceptors (Lipinski definition) is 3. The topological polar surface area (TPSA) is 64.6 Å². The average Bonchev–Trinajstić information content (AvgIpc) is 2.27. The number of piperidine rings is 1. The minimum Gasteiger partial charge on any atom is -0.395 e. The van der Waals surface area contributed by atoms with E-state index in [9.17, 15) is 4.79 Å². The normalized spacial score (nSPS) is 19.1. The number of nitrogens with one attached hydrogen (secondary N) is 2. The number of nitrogens with zero attached hydrogens (tertiary/aromatic N) is 1. The predicted molar refractivity (Wildman–Crippen MR) is 63.4 cm³/mol. The molecule has 0 bridgehead atoms. The first-order valence-electron chi connectivity index (χ1n) is 6.10. The lowest BCUT2D eigenvalue weighted by molar-refractivity contribution is 0.201. The number of hydrogen-bond donors (Lipinski definition) is 3. The molecule has 5 nitrogen and oxygen atoms in total. The fraction of sp³-hybridized carbons (Fsp3) is 0.909. The molecule has 0 spiro atoms. The highest BCUT2D eigenvalue weighted by atomic mass is 16.3. The van der Waals surface area contributed by atoms with Crippen molar-refractivity contribution in [1.29, 1.82) is 0 Å². The van der Waals surface area contributed by atoms with Crippen LogP contribution in [0.4, 0.5) is 4.79 Å². The second kappa shape index (κ2) is 7.46. The van der Waals surface area contributed by atoms with Crippen molar-refractivity contribution >= 4 is 6.03 Å². The van der Waals surface area contributed by atoms with Gasteiger partial charge in [-0.2, -0.15) is 0 Å². The first kappa shape index (κ1) is 13.3. The number of likely N-dealkylation sites (tertiary alicyclic amines) is 1. The first-order valence-corrected chi connectivity index (χ1v) is 6.10. The summed E-state index contributed by atoms with van der Waals surface area (Å²) in [7, 11) is 0. The molecule has 1 fully saturated rings. The lowest BCUT2D eigenvalue weighted by Gasteiger charge is -2.29. The van der Waals surface area contributed by atoms with Crippen LogP contribution >= 0.6 is 0 Å². The zero-order chi connectivity index (χ0) is 11.8. The highest BCUT2D eigenvalue weighted by molar-refractivity contribution is 5.74. The van der Waals surface area contributed by atoms with Gasteiger partial charge in [0.15, 0.2) is 0 Å². The van der Waals surface area contributed by atoms with Crippen molar-refractivity contribution in [3.63, 3.8) is 0 Å². The minimum atomic E-state index is -0.196. The molecule has 16 heavy (non-hydrogen) atoms. The maximum Gasteiger partial charge on any atom is 0.315 e. The molecule has 0 aromatic carbocycles. The highest BCUT2D eigenvalue weighted by Crippen LogP contribution is 2.08. The molecule has 2 amide bonds. The van der Waals surface area contributed by atoms with Crippen LogP contribution in [0, 0.1) is 0 Å².